The summed E-state index contributed by atoms with van der Waals surface area (Å²) >= 11 is 3.18. The Kier molecular flexibility index (Phi) is 6.78. The van der Waals surface area contributed by atoms with Crippen molar-refractivity contribution in [3.05, 3.63) is 57.6 Å². The predicted molar refractivity (Wildman–Crippen MR) is 110 cm³/mol. The summed E-state index contributed by atoms with van der Waals surface area (Å²) in [6, 6.07) is 7.24. The average Bonchev–Trinajstić information content (AvgIpc) is 3.39. The van der Waals surface area contributed by atoms with Gasteiger partial charge in [0.05, 0.1) is 31.2 Å². The number of para-hydroxylation sites is 1. The number of hydrogen-bond donors (Lipinski definition) is 0. The number of benzene rings is 1. The van der Waals surface area contributed by atoms with Crippen molar-refractivity contribution in [1.29, 1.82) is 0 Å². The second kappa shape index (κ2) is 9.48. The monoisotopic (exact) mass is 416 g/mol. The molecule has 0 saturated heterocycles. The smallest absolute Gasteiger partial charge is 0.341 e. The molecule has 0 aliphatic rings. The van der Waals surface area contributed by atoms with Gasteiger partial charge in [-0.05, 0) is 12.5 Å². The third kappa shape index (κ3) is 4.58. The van der Waals surface area contributed by atoms with Crippen LogP contribution in [0.2, 0.25) is 0 Å². The first-order chi connectivity index (χ1) is 13.7. The molecule has 2 heterocycles. The van der Waals surface area contributed by atoms with Crippen molar-refractivity contribution in [1.82, 2.24) is 9.97 Å². The number of methoxy groups -OCH3 is 2. The zero-order valence-corrected chi connectivity index (χ0v) is 17.4. The van der Waals surface area contributed by atoms with Crippen LogP contribution in [0.5, 0.6) is 5.75 Å². The highest BCUT2D eigenvalue weighted by molar-refractivity contribution is 7.14. The number of ether oxygens (including phenoxy) is 3. The fourth-order valence-corrected chi connectivity index (χ4v) is 4.05. The maximum Gasteiger partial charge on any atom is 0.341 e. The maximum atomic E-state index is 12.1. The van der Waals surface area contributed by atoms with Crippen molar-refractivity contribution in [2.24, 2.45) is 0 Å². The molecule has 8 heteroatoms. The molecule has 2 aromatic heterocycles. The number of carbonyl (C=O) groups is 1. The minimum absolute atomic E-state index is 0.278. The van der Waals surface area contributed by atoms with E-state index in [1.54, 1.807) is 23.5 Å². The molecule has 0 unspecified atom stereocenters. The fraction of sp³-hybridized carbons (Fsp3) is 0.250. The molecule has 0 fully saturated rings. The number of carbonyl (C=O) groups excluding carboxylic acids is 1. The summed E-state index contributed by atoms with van der Waals surface area (Å²) in [6.07, 6.45) is 2.27. The topological polar surface area (TPSA) is 70.5 Å². The molecule has 146 valence electrons. The number of hydrogen-bond acceptors (Lipinski definition) is 8. The van der Waals surface area contributed by atoms with Gasteiger partial charge in [0.2, 0.25) is 0 Å². The standard InChI is InChI=1S/C20H20N2O4S2/c1-4-18-22-16(12-27-18)19-21-13(11-28-19)9-26-17-8-6-5-7-14(17)15(10-24-2)20(23)25-3/h5-8,10-12H,4,9H2,1-3H3/b15-10+. The van der Waals surface area contributed by atoms with E-state index >= 15 is 0 Å². The highest BCUT2D eigenvalue weighted by atomic mass is 32.1. The van der Waals surface area contributed by atoms with E-state index in [1.807, 2.05) is 22.9 Å². The van der Waals surface area contributed by atoms with E-state index < -0.39 is 5.97 Å². The fourth-order valence-electron chi connectivity index (χ4n) is 2.48. The van der Waals surface area contributed by atoms with Crippen LogP contribution in [-0.4, -0.2) is 30.2 Å². The predicted octanol–water partition coefficient (Wildman–Crippen LogP) is 4.57. The van der Waals surface area contributed by atoms with Crippen molar-refractivity contribution in [2.45, 2.75) is 20.0 Å². The van der Waals surface area contributed by atoms with E-state index in [1.165, 1.54) is 31.8 Å². The Labute approximate surface area is 171 Å². The highest BCUT2D eigenvalue weighted by Crippen LogP contribution is 2.29. The van der Waals surface area contributed by atoms with E-state index in [0.29, 0.717) is 11.3 Å². The zero-order chi connectivity index (χ0) is 19.9. The van der Waals surface area contributed by atoms with Crippen LogP contribution in [0.15, 0.2) is 41.3 Å². The summed E-state index contributed by atoms with van der Waals surface area (Å²) in [6.45, 7) is 2.36. The molecular weight excluding hydrogens is 396 g/mol. The van der Waals surface area contributed by atoms with E-state index in [9.17, 15) is 4.79 Å². The van der Waals surface area contributed by atoms with Crippen LogP contribution in [0.25, 0.3) is 16.3 Å². The molecule has 0 atom stereocenters. The van der Waals surface area contributed by atoms with Crippen LogP contribution in [-0.2, 0) is 27.3 Å². The molecule has 0 aliphatic heterocycles. The lowest BCUT2D eigenvalue weighted by Crippen LogP contribution is -2.07. The van der Waals surface area contributed by atoms with Gasteiger partial charge in [0.25, 0.3) is 0 Å². The lowest BCUT2D eigenvalue weighted by molar-refractivity contribution is -0.133. The second-order valence-corrected chi connectivity index (χ2v) is 7.47. The normalized spacial score (nSPS) is 11.3. The van der Waals surface area contributed by atoms with Gasteiger partial charge < -0.3 is 14.2 Å². The molecule has 0 saturated carbocycles. The van der Waals surface area contributed by atoms with Gasteiger partial charge in [0.1, 0.15) is 28.6 Å². The molecule has 0 bridgehead atoms. The first kappa shape index (κ1) is 20.0. The van der Waals surface area contributed by atoms with E-state index in [4.69, 9.17) is 14.2 Å². The zero-order valence-electron chi connectivity index (χ0n) is 15.8. The molecule has 0 aliphatic carbocycles. The Hall–Kier alpha value is -2.71. The Morgan fingerprint density at radius 1 is 1.14 bits per heavy atom. The van der Waals surface area contributed by atoms with Crippen LogP contribution < -0.4 is 4.74 Å². The van der Waals surface area contributed by atoms with Crippen LogP contribution in [0.4, 0.5) is 0 Å². The second-order valence-electron chi connectivity index (χ2n) is 5.67. The van der Waals surface area contributed by atoms with Gasteiger partial charge in [-0.3, -0.25) is 0 Å². The Bertz CT molecular complexity index is 978. The average molecular weight is 417 g/mol. The summed E-state index contributed by atoms with van der Waals surface area (Å²) in [5.41, 5.74) is 2.58. The summed E-state index contributed by atoms with van der Waals surface area (Å²) in [5.74, 6) is 0.0526. The highest BCUT2D eigenvalue weighted by Gasteiger charge is 2.18. The summed E-state index contributed by atoms with van der Waals surface area (Å²) in [4.78, 5) is 21.3. The Balaban J connectivity index is 1.77. The van der Waals surface area contributed by atoms with Crippen molar-refractivity contribution in [3.8, 4) is 16.5 Å². The van der Waals surface area contributed by atoms with Gasteiger partial charge >= 0.3 is 5.97 Å². The molecule has 3 rings (SSSR count). The minimum atomic E-state index is -0.496. The van der Waals surface area contributed by atoms with Crippen molar-refractivity contribution < 1.29 is 19.0 Å². The van der Waals surface area contributed by atoms with Gasteiger partial charge in [-0.1, -0.05) is 25.1 Å². The van der Waals surface area contributed by atoms with Crippen molar-refractivity contribution >= 4 is 34.2 Å². The third-order valence-corrected chi connectivity index (χ3v) is 5.73. The van der Waals surface area contributed by atoms with Gasteiger partial charge in [-0.15, -0.1) is 22.7 Å². The van der Waals surface area contributed by atoms with Crippen molar-refractivity contribution in [3.63, 3.8) is 0 Å². The van der Waals surface area contributed by atoms with Crippen LogP contribution in [0.1, 0.15) is 23.2 Å². The lowest BCUT2D eigenvalue weighted by atomic mass is 10.1. The molecule has 3 aromatic rings. The van der Waals surface area contributed by atoms with E-state index in [0.717, 1.165) is 27.8 Å². The molecular formula is C20H20N2O4S2. The van der Waals surface area contributed by atoms with Gasteiger partial charge in [0.15, 0.2) is 0 Å². The SMILES string of the molecule is CCc1nc(-c2nc(COc3ccccc3/C(=C\OC)C(=O)OC)cs2)cs1. The summed E-state index contributed by atoms with van der Waals surface area (Å²) in [5, 5.41) is 5.94. The largest absolute Gasteiger partial charge is 0.503 e. The molecule has 0 N–H and O–H groups in total. The lowest BCUT2D eigenvalue weighted by Gasteiger charge is -2.12. The number of nitrogens with zero attached hydrogens (tertiary/aromatic N) is 2. The first-order valence-electron chi connectivity index (χ1n) is 8.58. The number of aryl methyl sites for hydroxylation is 1. The van der Waals surface area contributed by atoms with E-state index in [2.05, 4.69) is 16.9 Å². The van der Waals surface area contributed by atoms with E-state index in [-0.39, 0.29) is 12.2 Å². The number of rotatable bonds is 8. The molecule has 1 aromatic carbocycles. The molecule has 28 heavy (non-hydrogen) atoms. The summed E-state index contributed by atoms with van der Waals surface area (Å²) in [7, 11) is 2.81. The number of aromatic nitrogens is 2. The third-order valence-electron chi connectivity index (χ3n) is 3.82. The minimum Gasteiger partial charge on any atom is -0.503 e. The first-order valence-corrected chi connectivity index (χ1v) is 10.3. The maximum absolute atomic E-state index is 12.1. The molecule has 0 spiro atoms. The molecule has 6 nitrogen and oxygen atoms in total. The van der Waals surface area contributed by atoms with Crippen molar-refractivity contribution in [2.75, 3.05) is 14.2 Å². The quantitative estimate of drug-likeness (QED) is 0.304. The van der Waals surface area contributed by atoms with Gasteiger partial charge in [0, 0.05) is 16.3 Å². The van der Waals surface area contributed by atoms with Crippen LogP contribution in [0.3, 0.4) is 0 Å². The van der Waals surface area contributed by atoms with Gasteiger partial charge in [-0.25, -0.2) is 14.8 Å². The number of thiazole rings is 2. The Morgan fingerprint density at radius 3 is 2.68 bits per heavy atom. The molecule has 0 amide bonds. The van der Waals surface area contributed by atoms with Crippen LogP contribution >= 0.6 is 22.7 Å². The molecule has 0 radical (unpaired) electrons. The van der Waals surface area contributed by atoms with Gasteiger partial charge in [-0.2, -0.15) is 0 Å². The number of esters is 1. The Morgan fingerprint density at radius 2 is 1.96 bits per heavy atom. The summed E-state index contributed by atoms with van der Waals surface area (Å²) < 4.78 is 15.8. The van der Waals surface area contributed by atoms with Crippen LogP contribution in [0, 0.1) is 0 Å².